The van der Waals surface area contributed by atoms with Crippen LogP contribution in [0.1, 0.15) is 76.7 Å². The average molecular weight is 835 g/mol. The number of thioether (sulfide) groups is 2. The topological polar surface area (TPSA) is 358 Å². The lowest BCUT2D eigenvalue weighted by atomic mass is 10.1. The molecule has 6 rings (SSSR count). The Bertz CT molecular complexity index is 1820. The number of hydrogen-bond acceptors (Lipinski definition) is 20. The summed E-state index contributed by atoms with van der Waals surface area (Å²) >= 11 is 2.95. The molecular weight excluding hydrogens is 785 g/mol. The number of fused-ring (bicyclic) bond motifs is 2. The molecule has 4 aromatic rings. The second-order valence-corrected chi connectivity index (χ2v) is 15.4. The van der Waals surface area contributed by atoms with Gasteiger partial charge in [0, 0.05) is 24.3 Å². The molecule has 0 aromatic carbocycles. The van der Waals surface area contributed by atoms with Crippen molar-refractivity contribution in [2.24, 2.45) is 0 Å². The number of rotatable bonds is 18. The van der Waals surface area contributed by atoms with Crippen LogP contribution in [-0.4, -0.2) is 136 Å². The zero-order chi connectivity index (χ0) is 40.2. The monoisotopic (exact) mass is 834 g/mol. The molecule has 0 radical (unpaired) electrons. The summed E-state index contributed by atoms with van der Waals surface area (Å²) in [5, 5.41) is 77.1. The molecule has 2 saturated heterocycles. The van der Waals surface area contributed by atoms with Gasteiger partial charge < -0.3 is 57.1 Å². The van der Waals surface area contributed by atoms with Gasteiger partial charge in [-0.25, -0.2) is 29.9 Å². The molecule has 0 bridgehead atoms. The van der Waals surface area contributed by atoms with Crippen molar-refractivity contribution in [3.63, 3.8) is 0 Å². The number of aromatic nitrogens is 8. The fourth-order valence-electron chi connectivity index (χ4n) is 6.20. The van der Waals surface area contributed by atoms with E-state index in [1.165, 1.54) is 45.3 Å². The van der Waals surface area contributed by atoms with Crippen molar-refractivity contribution >= 4 is 57.5 Å². The zero-order valence-corrected chi connectivity index (χ0v) is 32.7. The normalized spacial score (nSPS) is 24.2. The summed E-state index contributed by atoms with van der Waals surface area (Å²) in [6.07, 6.45) is 3.46. The van der Waals surface area contributed by atoms with Crippen molar-refractivity contribution in [3.05, 3.63) is 12.7 Å². The lowest BCUT2D eigenvalue weighted by molar-refractivity contribution is -0.0511. The molecule has 0 aliphatic carbocycles. The molecule has 2 aliphatic rings. The fourth-order valence-corrected chi connectivity index (χ4v) is 7.89. The number of nitrogens with two attached hydrogens (primary N) is 2. The lowest BCUT2D eigenvalue weighted by Gasteiger charge is -2.16. The van der Waals surface area contributed by atoms with Crippen molar-refractivity contribution in [2.45, 2.75) is 124 Å². The quantitative estimate of drug-likeness (QED) is 0.0381. The second kappa shape index (κ2) is 22.2. The van der Waals surface area contributed by atoms with Gasteiger partial charge >= 0.3 is 0 Å². The molecule has 2 aliphatic heterocycles. The van der Waals surface area contributed by atoms with Crippen LogP contribution in [0.4, 0.5) is 11.6 Å². The highest BCUT2D eigenvalue weighted by molar-refractivity contribution is 7.99. The number of aliphatic hydroxyl groups is 6. The number of anilines is 2. The summed E-state index contributed by atoms with van der Waals surface area (Å²) in [4.78, 5) is 25.9. The van der Waals surface area contributed by atoms with Gasteiger partial charge in [0.05, 0.1) is 38.0 Å². The number of unbranched alkanes of at least 4 members (excludes halogenated alkanes) is 8. The number of hydrogen-bond donors (Lipinski definition) is 8. The number of nitrogen functional groups attached to an aromatic ring is 2. The van der Waals surface area contributed by atoms with Gasteiger partial charge in [0.15, 0.2) is 45.7 Å². The minimum absolute atomic E-state index is 0. The van der Waals surface area contributed by atoms with Crippen LogP contribution in [0.3, 0.4) is 0 Å². The maximum absolute atomic E-state index is 10.3. The summed E-state index contributed by atoms with van der Waals surface area (Å²) in [6.45, 7) is -0.818. The van der Waals surface area contributed by atoms with Crippen molar-refractivity contribution in [2.75, 3.05) is 36.2 Å². The Morgan fingerprint density at radius 3 is 1.35 bits per heavy atom. The SMILES string of the molecule is N#CCCCCCCSc1nc(N)c2ncn([C@@H]3O[C@H](CO)[C@@H](O)[C@H]3O)c2n1.N#CCCCCCCSc1nc(N)c2ncn([C@@H]3O[C@H](CO)[C@@H](O)[C@H]3O)c2n1.O. The molecular formula is C34H50N12O9S2. The van der Waals surface area contributed by atoms with Crippen molar-refractivity contribution in [3.8, 4) is 12.1 Å². The fraction of sp³-hybridized carbons (Fsp3) is 0.647. The predicted molar refractivity (Wildman–Crippen MR) is 208 cm³/mol. The highest BCUT2D eigenvalue weighted by Gasteiger charge is 2.45. The van der Waals surface area contributed by atoms with Crippen LogP contribution in [0.2, 0.25) is 0 Å². The van der Waals surface area contributed by atoms with E-state index in [1.54, 1.807) is 0 Å². The summed E-state index contributed by atoms with van der Waals surface area (Å²) in [5.74, 6) is 2.10. The summed E-state index contributed by atoms with van der Waals surface area (Å²) in [7, 11) is 0. The Kier molecular flexibility index (Phi) is 17.8. The van der Waals surface area contributed by atoms with Gasteiger partial charge in [-0.05, 0) is 25.7 Å². The minimum Gasteiger partial charge on any atom is -0.412 e. The largest absolute Gasteiger partial charge is 0.412 e. The third-order valence-electron chi connectivity index (χ3n) is 9.27. The third kappa shape index (κ3) is 11.2. The second-order valence-electron chi connectivity index (χ2n) is 13.2. The van der Waals surface area contributed by atoms with Gasteiger partial charge in [0.25, 0.3) is 0 Å². The number of aliphatic hydroxyl groups excluding tert-OH is 6. The van der Waals surface area contributed by atoms with E-state index in [4.69, 9.17) is 31.5 Å². The summed E-state index contributed by atoms with van der Waals surface area (Å²) in [5.41, 5.74) is 13.6. The number of imidazole rings is 2. The number of ether oxygens (including phenoxy) is 2. The van der Waals surface area contributed by atoms with E-state index < -0.39 is 62.3 Å². The Morgan fingerprint density at radius 1 is 0.614 bits per heavy atom. The summed E-state index contributed by atoms with van der Waals surface area (Å²) in [6, 6.07) is 4.28. The van der Waals surface area contributed by atoms with Gasteiger partial charge in [0.1, 0.15) is 47.7 Å². The molecule has 312 valence electrons. The van der Waals surface area contributed by atoms with Gasteiger partial charge in [-0.2, -0.15) is 10.5 Å². The van der Waals surface area contributed by atoms with E-state index >= 15 is 0 Å². The maximum atomic E-state index is 10.3. The van der Waals surface area contributed by atoms with Crippen LogP contribution in [0.25, 0.3) is 22.3 Å². The zero-order valence-electron chi connectivity index (χ0n) is 31.1. The van der Waals surface area contributed by atoms with Gasteiger partial charge in [-0.1, -0.05) is 49.2 Å². The molecule has 0 amide bonds. The van der Waals surface area contributed by atoms with Crippen LogP contribution in [0.5, 0.6) is 0 Å². The van der Waals surface area contributed by atoms with Gasteiger partial charge in [-0.3, -0.25) is 9.13 Å². The highest BCUT2D eigenvalue weighted by atomic mass is 32.2. The molecule has 0 unspecified atom stereocenters. The first-order chi connectivity index (χ1) is 27.1. The maximum Gasteiger partial charge on any atom is 0.191 e. The molecule has 0 saturated carbocycles. The predicted octanol–water partition coefficient (Wildman–Crippen LogP) is 0.348. The molecule has 0 spiro atoms. The Balaban J connectivity index is 0.000000248. The van der Waals surface area contributed by atoms with Crippen LogP contribution < -0.4 is 11.5 Å². The van der Waals surface area contributed by atoms with Crippen LogP contribution in [0, 0.1) is 22.7 Å². The highest BCUT2D eigenvalue weighted by Crippen LogP contribution is 2.34. The first-order valence-electron chi connectivity index (χ1n) is 18.4. The molecule has 57 heavy (non-hydrogen) atoms. The smallest absolute Gasteiger partial charge is 0.191 e. The van der Waals surface area contributed by atoms with E-state index in [1.807, 2.05) is 0 Å². The number of nitriles is 2. The van der Waals surface area contributed by atoms with E-state index in [0.717, 1.165) is 62.9 Å². The molecule has 2 fully saturated rings. The molecule has 23 heteroatoms. The first-order valence-corrected chi connectivity index (χ1v) is 20.3. The van der Waals surface area contributed by atoms with Crippen LogP contribution >= 0.6 is 23.5 Å². The average Bonchev–Trinajstić information content (AvgIpc) is 3.95. The minimum atomic E-state index is -1.23. The van der Waals surface area contributed by atoms with E-state index in [-0.39, 0.29) is 17.1 Å². The molecule has 4 aromatic heterocycles. The third-order valence-corrected chi connectivity index (χ3v) is 11.1. The molecule has 8 atom stereocenters. The standard InChI is InChI=1S/2C17H24N6O4S.H2O/c2*18-6-4-2-1-3-5-7-28-17-21-14(19)11-15(22-17)23(9-20-11)16-13(26)12(25)10(8-24)27-16;/h2*9-10,12-13,16,24-26H,1-5,7-8H2,(H2,19,21,22);1H2/t2*10-,12-,13-,16-;/m11./s1. The van der Waals surface area contributed by atoms with Crippen LogP contribution in [-0.2, 0) is 9.47 Å². The first kappa shape index (κ1) is 45.7. The Hall–Kier alpha value is -3.98. The number of nitrogens with zero attached hydrogens (tertiary/aromatic N) is 10. The van der Waals surface area contributed by atoms with Gasteiger partial charge in [0.2, 0.25) is 0 Å². The molecule has 12 N–H and O–H groups in total. The van der Waals surface area contributed by atoms with E-state index in [9.17, 15) is 30.6 Å². The lowest BCUT2D eigenvalue weighted by Crippen LogP contribution is -2.33. The molecule has 6 heterocycles. The van der Waals surface area contributed by atoms with E-state index in [0.29, 0.717) is 45.5 Å². The van der Waals surface area contributed by atoms with Crippen molar-refractivity contribution < 1.29 is 45.6 Å². The van der Waals surface area contributed by atoms with Crippen molar-refractivity contribution in [1.29, 1.82) is 10.5 Å². The van der Waals surface area contributed by atoms with Crippen molar-refractivity contribution in [1.82, 2.24) is 39.0 Å². The molecule has 21 nitrogen and oxygen atoms in total. The Morgan fingerprint density at radius 2 is 1.00 bits per heavy atom. The van der Waals surface area contributed by atoms with E-state index in [2.05, 4.69) is 42.0 Å². The van der Waals surface area contributed by atoms with Crippen LogP contribution in [0.15, 0.2) is 23.0 Å². The Labute approximate surface area is 336 Å². The van der Waals surface area contributed by atoms with Gasteiger partial charge in [-0.15, -0.1) is 0 Å². The summed E-state index contributed by atoms with van der Waals surface area (Å²) < 4.78 is 14.1.